The van der Waals surface area contributed by atoms with E-state index in [0.29, 0.717) is 6.54 Å². The van der Waals surface area contributed by atoms with Crippen LogP contribution < -0.4 is 11.1 Å². The number of nitrogens with two attached hydrogens (primary N) is 1. The summed E-state index contributed by atoms with van der Waals surface area (Å²) in [5, 5.41) is 1.29. The lowest BCUT2D eigenvalue weighted by Gasteiger charge is -2.23. The van der Waals surface area contributed by atoms with Gasteiger partial charge in [-0.05, 0) is 12.8 Å². The Hall–Kier alpha value is -1.30. The third-order valence-electron chi connectivity index (χ3n) is 1.81. The molecule has 0 bridgehead atoms. The number of carbonyl (C=O) groups is 3. The zero-order valence-electron chi connectivity index (χ0n) is 10.2. The second kappa shape index (κ2) is 7.11. The van der Waals surface area contributed by atoms with Crippen LogP contribution in [0.3, 0.4) is 0 Å². The molecule has 0 aliphatic carbocycles. The number of hydrogen-bond donors (Lipinski definition) is 2. The van der Waals surface area contributed by atoms with Gasteiger partial charge in [0.15, 0.2) is 0 Å². The molecule has 0 aromatic carbocycles. The predicted molar refractivity (Wildman–Crippen MR) is 64.5 cm³/mol. The van der Waals surface area contributed by atoms with E-state index < -0.39 is 23.2 Å². The van der Waals surface area contributed by atoms with Crippen molar-refractivity contribution in [3.63, 3.8) is 0 Å². The number of imide groups is 1. The number of rotatable bonds is 5. The summed E-state index contributed by atoms with van der Waals surface area (Å²) in [6.45, 7) is 5.32. The third-order valence-corrected chi connectivity index (χ3v) is 2.01. The van der Waals surface area contributed by atoms with Gasteiger partial charge >= 0.3 is 6.03 Å². The number of alkyl halides is 1. The number of carbonyl (C=O) groups excluding carboxylic acids is 3. The standard InChI is InChI=1S/C10H18ClN3O3/c1-6(2)4-14(5-8(12)15)10(17)13-9(16)7(3)11/h6-7H,4-5H2,1-3H3,(H2,12,15)(H,13,16,17). The molecule has 1 atom stereocenters. The van der Waals surface area contributed by atoms with Crippen molar-refractivity contribution < 1.29 is 14.4 Å². The molecule has 0 aromatic heterocycles. The van der Waals surface area contributed by atoms with Crippen molar-refractivity contribution in [2.75, 3.05) is 13.1 Å². The van der Waals surface area contributed by atoms with Gasteiger partial charge in [0.25, 0.3) is 0 Å². The summed E-state index contributed by atoms with van der Waals surface area (Å²) < 4.78 is 0. The van der Waals surface area contributed by atoms with Gasteiger partial charge in [-0.15, -0.1) is 11.6 Å². The van der Waals surface area contributed by atoms with Gasteiger partial charge in [-0.3, -0.25) is 14.9 Å². The lowest BCUT2D eigenvalue weighted by atomic mass is 10.2. The van der Waals surface area contributed by atoms with Crippen LogP contribution in [0, 0.1) is 5.92 Å². The van der Waals surface area contributed by atoms with E-state index in [1.54, 1.807) is 0 Å². The number of halogens is 1. The molecule has 1 unspecified atom stereocenters. The lowest BCUT2D eigenvalue weighted by Crippen LogP contribution is -2.49. The molecule has 0 aliphatic heterocycles. The SMILES string of the molecule is CC(C)CN(CC(N)=O)C(=O)NC(=O)C(C)Cl. The van der Waals surface area contributed by atoms with Gasteiger partial charge < -0.3 is 10.6 Å². The Labute approximate surface area is 105 Å². The Kier molecular flexibility index (Phi) is 6.57. The maximum absolute atomic E-state index is 11.7. The first kappa shape index (κ1) is 15.7. The van der Waals surface area contributed by atoms with Crippen LogP contribution in [0.1, 0.15) is 20.8 Å². The topological polar surface area (TPSA) is 92.5 Å². The van der Waals surface area contributed by atoms with Crippen molar-refractivity contribution in [2.24, 2.45) is 11.7 Å². The monoisotopic (exact) mass is 263 g/mol. The zero-order valence-corrected chi connectivity index (χ0v) is 11.0. The van der Waals surface area contributed by atoms with E-state index in [4.69, 9.17) is 17.3 Å². The highest BCUT2D eigenvalue weighted by Gasteiger charge is 2.20. The first-order chi connectivity index (χ1) is 7.73. The van der Waals surface area contributed by atoms with E-state index in [-0.39, 0.29) is 12.5 Å². The first-order valence-corrected chi connectivity index (χ1v) is 5.69. The molecule has 3 N–H and O–H groups in total. The normalized spacial score (nSPS) is 12.1. The molecule has 98 valence electrons. The number of amides is 4. The summed E-state index contributed by atoms with van der Waals surface area (Å²) in [5.74, 6) is -1.08. The average molecular weight is 264 g/mol. The van der Waals surface area contributed by atoms with Gasteiger partial charge in [0.1, 0.15) is 11.9 Å². The van der Waals surface area contributed by atoms with Crippen molar-refractivity contribution in [3.8, 4) is 0 Å². The molecule has 0 aliphatic rings. The molecule has 0 heterocycles. The maximum Gasteiger partial charge on any atom is 0.324 e. The molecule has 0 spiro atoms. The van der Waals surface area contributed by atoms with Crippen LogP contribution in [0.15, 0.2) is 0 Å². The van der Waals surface area contributed by atoms with Crippen LogP contribution in [0.25, 0.3) is 0 Å². The van der Waals surface area contributed by atoms with Gasteiger partial charge in [0.05, 0.1) is 0 Å². The Balaban J connectivity index is 4.52. The zero-order chi connectivity index (χ0) is 13.6. The van der Waals surface area contributed by atoms with Crippen molar-refractivity contribution in [1.29, 1.82) is 0 Å². The minimum atomic E-state index is -0.812. The van der Waals surface area contributed by atoms with E-state index in [2.05, 4.69) is 5.32 Å². The van der Waals surface area contributed by atoms with Gasteiger partial charge in [-0.1, -0.05) is 13.8 Å². The summed E-state index contributed by atoms with van der Waals surface area (Å²) in [6.07, 6.45) is 0. The summed E-state index contributed by atoms with van der Waals surface area (Å²) in [6, 6.07) is -0.657. The van der Waals surface area contributed by atoms with Crippen LogP contribution in [-0.2, 0) is 9.59 Å². The van der Waals surface area contributed by atoms with E-state index in [0.717, 1.165) is 0 Å². The van der Waals surface area contributed by atoms with E-state index in [1.807, 2.05) is 13.8 Å². The molecule has 7 heteroatoms. The Morgan fingerprint density at radius 3 is 2.18 bits per heavy atom. The molecular weight excluding hydrogens is 246 g/mol. The Morgan fingerprint density at radius 1 is 1.29 bits per heavy atom. The Morgan fingerprint density at radius 2 is 1.82 bits per heavy atom. The highest BCUT2D eigenvalue weighted by atomic mass is 35.5. The largest absolute Gasteiger partial charge is 0.368 e. The van der Waals surface area contributed by atoms with E-state index in [1.165, 1.54) is 11.8 Å². The minimum absolute atomic E-state index is 0.156. The van der Waals surface area contributed by atoms with E-state index in [9.17, 15) is 14.4 Å². The fourth-order valence-electron chi connectivity index (χ4n) is 1.13. The summed E-state index contributed by atoms with van der Waals surface area (Å²) in [7, 11) is 0. The average Bonchev–Trinajstić information content (AvgIpc) is 2.14. The second-order valence-corrected chi connectivity index (χ2v) is 4.81. The van der Waals surface area contributed by atoms with Gasteiger partial charge in [0, 0.05) is 6.54 Å². The number of nitrogens with one attached hydrogen (secondary N) is 1. The molecule has 4 amide bonds. The maximum atomic E-state index is 11.7. The first-order valence-electron chi connectivity index (χ1n) is 5.26. The number of primary amides is 1. The third kappa shape index (κ3) is 6.78. The molecule has 17 heavy (non-hydrogen) atoms. The van der Waals surface area contributed by atoms with Gasteiger partial charge in [-0.2, -0.15) is 0 Å². The summed E-state index contributed by atoms with van der Waals surface area (Å²) >= 11 is 5.51. The smallest absolute Gasteiger partial charge is 0.324 e. The lowest BCUT2D eigenvalue weighted by molar-refractivity contribution is -0.121. The predicted octanol–water partition coefficient (Wildman–Crippen LogP) is 0.293. The molecular formula is C10H18ClN3O3. The van der Waals surface area contributed by atoms with Crippen molar-refractivity contribution in [2.45, 2.75) is 26.1 Å². The van der Waals surface area contributed by atoms with Gasteiger partial charge in [-0.25, -0.2) is 4.79 Å². The fraction of sp³-hybridized carbons (Fsp3) is 0.700. The summed E-state index contributed by atoms with van der Waals surface area (Å²) in [4.78, 5) is 34.9. The molecule has 6 nitrogen and oxygen atoms in total. The van der Waals surface area contributed by atoms with Crippen LogP contribution in [0.5, 0.6) is 0 Å². The quantitative estimate of drug-likeness (QED) is 0.699. The highest BCUT2D eigenvalue weighted by Crippen LogP contribution is 2.00. The summed E-state index contributed by atoms with van der Waals surface area (Å²) in [5.41, 5.74) is 5.03. The highest BCUT2D eigenvalue weighted by molar-refractivity contribution is 6.31. The number of nitrogens with zero attached hydrogens (tertiary/aromatic N) is 1. The fourth-order valence-corrected chi connectivity index (χ4v) is 1.19. The van der Waals surface area contributed by atoms with Crippen LogP contribution in [0.4, 0.5) is 4.79 Å². The molecule has 0 rings (SSSR count). The van der Waals surface area contributed by atoms with E-state index >= 15 is 0 Å². The number of urea groups is 1. The molecule has 0 aromatic rings. The minimum Gasteiger partial charge on any atom is -0.368 e. The number of hydrogen-bond acceptors (Lipinski definition) is 3. The van der Waals surface area contributed by atoms with Crippen molar-refractivity contribution in [3.05, 3.63) is 0 Å². The molecule has 0 saturated carbocycles. The van der Waals surface area contributed by atoms with Crippen molar-refractivity contribution >= 4 is 29.4 Å². The van der Waals surface area contributed by atoms with Crippen molar-refractivity contribution in [1.82, 2.24) is 10.2 Å². The Bertz CT molecular complexity index is 305. The molecule has 0 fully saturated rings. The van der Waals surface area contributed by atoms with Crippen LogP contribution in [-0.4, -0.2) is 41.2 Å². The van der Waals surface area contributed by atoms with Crippen LogP contribution >= 0.6 is 11.6 Å². The van der Waals surface area contributed by atoms with Crippen LogP contribution in [0.2, 0.25) is 0 Å². The molecule has 0 saturated heterocycles. The molecule has 0 radical (unpaired) electrons. The second-order valence-electron chi connectivity index (χ2n) is 4.15. The van der Waals surface area contributed by atoms with Gasteiger partial charge in [0.2, 0.25) is 11.8 Å².